The van der Waals surface area contributed by atoms with Crippen LogP contribution in [0.5, 0.6) is 0 Å². The minimum absolute atomic E-state index is 0. The van der Waals surface area contributed by atoms with Crippen LogP contribution in [0.2, 0.25) is 0 Å². The summed E-state index contributed by atoms with van der Waals surface area (Å²) in [6.07, 6.45) is 0. The van der Waals surface area contributed by atoms with Crippen molar-refractivity contribution in [2.75, 3.05) is 26.9 Å². The summed E-state index contributed by atoms with van der Waals surface area (Å²) in [7, 11) is 1.61. The third kappa shape index (κ3) is 10.2. The van der Waals surface area contributed by atoms with Gasteiger partial charge in [0.05, 0.1) is 25.3 Å². The topological polar surface area (TPSA) is 54.3 Å². The molecular weight excluding hydrogens is 244 g/mol. The van der Waals surface area contributed by atoms with Crippen molar-refractivity contribution in [2.24, 2.45) is 0 Å². The van der Waals surface area contributed by atoms with Gasteiger partial charge in [-0.15, -0.1) is 17.0 Å². The van der Waals surface area contributed by atoms with Crippen molar-refractivity contribution in [1.82, 2.24) is 5.32 Å². The van der Waals surface area contributed by atoms with Gasteiger partial charge in [0, 0.05) is 13.7 Å². The second kappa shape index (κ2) is 11.2. The van der Waals surface area contributed by atoms with Gasteiger partial charge in [0.2, 0.25) is 0 Å². The number of amidine groups is 1. The van der Waals surface area contributed by atoms with E-state index in [0.717, 1.165) is 18.6 Å². The van der Waals surface area contributed by atoms with Crippen LogP contribution in [0.3, 0.4) is 0 Å². The Kier molecular flexibility index (Phi) is 13.8. The Morgan fingerprint density at radius 1 is 1.50 bits per heavy atom. The van der Waals surface area contributed by atoms with E-state index in [1.165, 1.54) is 0 Å². The fourth-order valence-electron chi connectivity index (χ4n) is 0.408. The Hall–Kier alpha value is 0.220. The molecule has 0 spiro atoms. The van der Waals surface area contributed by atoms with E-state index in [2.05, 4.69) is 5.32 Å². The fourth-order valence-corrected chi connectivity index (χ4v) is 0.880. The number of halogens is 1. The first-order valence-corrected chi connectivity index (χ1v) is 4.16. The molecule has 0 aromatic heterocycles. The van der Waals surface area contributed by atoms with Gasteiger partial charge in [0.1, 0.15) is 0 Å². The molecule has 0 aliphatic carbocycles. The lowest BCUT2D eigenvalue weighted by atomic mass is 10.8. The van der Waals surface area contributed by atoms with Crippen LogP contribution in [0.1, 0.15) is 6.92 Å². The first-order chi connectivity index (χ1) is 5.31. The predicted octanol–water partition coefficient (Wildman–Crippen LogP) is 1.42. The van der Waals surface area contributed by atoms with Crippen molar-refractivity contribution in [1.29, 1.82) is 5.41 Å². The molecule has 0 heterocycles. The van der Waals surface area contributed by atoms with Gasteiger partial charge in [-0.2, -0.15) is 0 Å². The lowest BCUT2D eigenvalue weighted by Gasteiger charge is -2.03. The summed E-state index contributed by atoms with van der Waals surface area (Å²) in [6.45, 7) is 3.76. The maximum Gasteiger partial charge on any atom is 0.181 e. The number of nitrogens with one attached hydrogen (secondary N) is 2. The molecule has 0 bridgehead atoms. The SMILES string of the molecule is Br.CCNC(=N)SOCCOC. The molecule has 0 rings (SSSR count). The standard InChI is InChI=1S/C6H14N2O2S.BrH/c1-3-8-6(7)11-10-5-4-9-2;/h3-5H2,1-2H3,(H2,7,8);1H. The molecule has 0 aliphatic rings. The summed E-state index contributed by atoms with van der Waals surface area (Å²) in [5, 5.41) is 10.3. The van der Waals surface area contributed by atoms with Crippen LogP contribution in [0, 0.1) is 5.41 Å². The Labute approximate surface area is 87.9 Å². The maximum atomic E-state index is 7.21. The predicted molar refractivity (Wildman–Crippen MR) is 57.1 cm³/mol. The van der Waals surface area contributed by atoms with Crippen molar-refractivity contribution in [3.05, 3.63) is 0 Å². The Balaban J connectivity index is 0. The van der Waals surface area contributed by atoms with Gasteiger partial charge in [0.25, 0.3) is 0 Å². The van der Waals surface area contributed by atoms with Crippen molar-refractivity contribution in [3.8, 4) is 0 Å². The fraction of sp³-hybridized carbons (Fsp3) is 0.833. The molecule has 0 aliphatic heterocycles. The van der Waals surface area contributed by atoms with Gasteiger partial charge in [-0.05, 0) is 6.92 Å². The maximum absolute atomic E-state index is 7.21. The van der Waals surface area contributed by atoms with E-state index in [0.29, 0.717) is 18.4 Å². The third-order valence-electron chi connectivity index (χ3n) is 0.850. The largest absolute Gasteiger partial charge is 0.382 e. The summed E-state index contributed by atoms with van der Waals surface area (Å²) < 4.78 is 9.75. The highest BCUT2D eigenvalue weighted by molar-refractivity contribution is 8.93. The number of hydrogen-bond donors (Lipinski definition) is 2. The van der Waals surface area contributed by atoms with Crippen LogP contribution in [0.25, 0.3) is 0 Å². The van der Waals surface area contributed by atoms with Crippen LogP contribution < -0.4 is 5.32 Å². The molecule has 74 valence electrons. The number of ether oxygens (including phenoxy) is 1. The zero-order chi connectivity index (χ0) is 8.53. The summed E-state index contributed by atoms with van der Waals surface area (Å²) in [5.74, 6) is 0. The molecular formula is C6H15BrN2O2S. The molecule has 0 unspecified atom stereocenters. The van der Waals surface area contributed by atoms with Crippen molar-refractivity contribution in [2.45, 2.75) is 6.92 Å². The molecule has 0 saturated carbocycles. The van der Waals surface area contributed by atoms with Crippen molar-refractivity contribution in [3.63, 3.8) is 0 Å². The second-order valence-electron chi connectivity index (χ2n) is 1.76. The molecule has 0 aromatic rings. The lowest BCUT2D eigenvalue weighted by molar-refractivity contribution is 0.158. The first kappa shape index (κ1) is 14.7. The van der Waals surface area contributed by atoms with Crippen LogP contribution in [-0.2, 0) is 8.92 Å². The minimum atomic E-state index is 0. The molecule has 0 amide bonds. The van der Waals surface area contributed by atoms with E-state index in [1.54, 1.807) is 7.11 Å². The molecule has 12 heavy (non-hydrogen) atoms. The van der Waals surface area contributed by atoms with Gasteiger partial charge >= 0.3 is 0 Å². The lowest BCUT2D eigenvalue weighted by Crippen LogP contribution is -2.18. The molecule has 4 nitrogen and oxygen atoms in total. The molecule has 2 N–H and O–H groups in total. The molecule has 0 fully saturated rings. The highest BCUT2D eigenvalue weighted by Crippen LogP contribution is 2.00. The zero-order valence-electron chi connectivity index (χ0n) is 7.25. The van der Waals surface area contributed by atoms with Gasteiger partial charge in [0.15, 0.2) is 5.17 Å². The average molecular weight is 259 g/mol. The smallest absolute Gasteiger partial charge is 0.181 e. The number of rotatable bonds is 5. The Morgan fingerprint density at radius 2 is 2.17 bits per heavy atom. The van der Waals surface area contributed by atoms with E-state index in [4.69, 9.17) is 14.3 Å². The van der Waals surface area contributed by atoms with Gasteiger partial charge in [-0.25, -0.2) is 0 Å². The molecule has 0 radical (unpaired) electrons. The molecule has 0 aromatic carbocycles. The Morgan fingerprint density at radius 3 is 2.67 bits per heavy atom. The summed E-state index contributed by atoms with van der Waals surface area (Å²) in [4.78, 5) is 0. The minimum Gasteiger partial charge on any atom is -0.382 e. The van der Waals surface area contributed by atoms with Crippen LogP contribution in [0.15, 0.2) is 0 Å². The van der Waals surface area contributed by atoms with Gasteiger partial charge in [-0.1, -0.05) is 0 Å². The summed E-state index contributed by atoms with van der Waals surface area (Å²) >= 11 is 1.03. The highest BCUT2D eigenvalue weighted by atomic mass is 79.9. The van der Waals surface area contributed by atoms with Crippen molar-refractivity contribution < 1.29 is 8.92 Å². The quantitative estimate of drug-likeness (QED) is 0.339. The van der Waals surface area contributed by atoms with E-state index in [9.17, 15) is 0 Å². The van der Waals surface area contributed by atoms with Gasteiger partial charge in [-0.3, -0.25) is 5.41 Å². The monoisotopic (exact) mass is 258 g/mol. The van der Waals surface area contributed by atoms with E-state index >= 15 is 0 Å². The normalized spacial score (nSPS) is 8.83. The second-order valence-corrected chi connectivity index (χ2v) is 2.57. The summed E-state index contributed by atoms with van der Waals surface area (Å²) in [6, 6.07) is 0. The molecule has 0 atom stereocenters. The first-order valence-electron chi connectivity index (χ1n) is 3.42. The third-order valence-corrected chi connectivity index (χ3v) is 1.45. The van der Waals surface area contributed by atoms with E-state index in [1.807, 2.05) is 6.92 Å². The van der Waals surface area contributed by atoms with Crippen LogP contribution in [-0.4, -0.2) is 32.0 Å². The van der Waals surface area contributed by atoms with E-state index in [-0.39, 0.29) is 17.0 Å². The van der Waals surface area contributed by atoms with Crippen molar-refractivity contribution >= 4 is 34.2 Å². The molecule has 6 heteroatoms. The average Bonchev–Trinajstić information content (AvgIpc) is 1.99. The number of hydrogen-bond acceptors (Lipinski definition) is 4. The van der Waals surface area contributed by atoms with Gasteiger partial charge < -0.3 is 14.2 Å². The molecule has 0 saturated heterocycles. The van der Waals surface area contributed by atoms with E-state index < -0.39 is 0 Å². The summed E-state index contributed by atoms with van der Waals surface area (Å²) in [5.41, 5.74) is 0. The number of methoxy groups -OCH3 is 1. The highest BCUT2D eigenvalue weighted by Gasteiger charge is 1.94. The Bertz CT molecular complexity index is 116. The zero-order valence-corrected chi connectivity index (χ0v) is 9.78. The van der Waals surface area contributed by atoms with Crippen LogP contribution in [0.4, 0.5) is 0 Å². The van der Waals surface area contributed by atoms with Crippen LogP contribution >= 0.6 is 29.0 Å².